The standard InChI is InChI=1S/C15H19N3O4/c19-13-11(3-1-5-16-13)14(20)17-6-8-18(9-7-17)15(21)12-4-2-10-22-12/h2,4,10-11H,1,3,5-9H2,(H,16,19)/t11-/m0/s1. The monoisotopic (exact) mass is 305 g/mol. The molecule has 0 saturated carbocycles. The number of nitrogens with one attached hydrogen (secondary N) is 1. The van der Waals surface area contributed by atoms with Crippen LogP contribution in [0.1, 0.15) is 23.4 Å². The first-order chi connectivity index (χ1) is 10.7. The van der Waals surface area contributed by atoms with E-state index in [1.807, 2.05) is 0 Å². The van der Waals surface area contributed by atoms with Crippen molar-refractivity contribution in [3.63, 3.8) is 0 Å². The van der Waals surface area contributed by atoms with Crippen molar-refractivity contribution in [2.75, 3.05) is 32.7 Å². The van der Waals surface area contributed by atoms with Gasteiger partial charge in [0.05, 0.1) is 6.26 Å². The summed E-state index contributed by atoms with van der Waals surface area (Å²) in [6.45, 7) is 2.47. The summed E-state index contributed by atoms with van der Waals surface area (Å²) in [4.78, 5) is 39.7. The summed E-state index contributed by atoms with van der Waals surface area (Å²) < 4.78 is 5.11. The molecule has 0 aromatic carbocycles. The lowest BCUT2D eigenvalue weighted by molar-refractivity contribution is -0.144. The van der Waals surface area contributed by atoms with Gasteiger partial charge in [0.2, 0.25) is 11.8 Å². The topological polar surface area (TPSA) is 82.9 Å². The molecule has 0 bridgehead atoms. The molecule has 1 atom stereocenters. The third-order valence-corrected chi connectivity index (χ3v) is 4.19. The zero-order valence-electron chi connectivity index (χ0n) is 12.3. The minimum absolute atomic E-state index is 0.123. The molecule has 1 aromatic heterocycles. The van der Waals surface area contributed by atoms with Crippen molar-refractivity contribution < 1.29 is 18.8 Å². The third kappa shape index (κ3) is 2.84. The van der Waals surface area contributed by atoms with Crippen LogP contribution >= 0.6 is 0 Å². The summed E-state index contributed by atoms with van der Waals surface area (Å²) in [5.41, 5.74) is 0. The fourth-order valence-corrected chi connectivity index (χ4v) is 2.91. The minimum Gasteiger partial charge on any atom is -0.459 e. The molecule has 2 aliphatic heterocycles. The van der Waals surface area contributed by atoms with Crippen molar-refractivity contribution in [1.29, 1.82) is 0 Å². The lowest BCUT2D eigenvalue weighted by atomic mass is 9.97. The van der Waals surface area contributed by atoms with Gasteiger partial charge in [-0.3, -0.25) is 14.4 Å². The van der Waals surface area contributed by atoms with Crippen LogP contribution in [0.3, 0.4) is 0 Å². The Morgan fingerprint density at radius 1 is 1.18 bits per heavy atom. The lowest BCUT2D eigenvalue weighted by Gasteiger charge is -2.36. The summed E-state index contributed by atoms with van der Waals surface area (Å²) in [7, 11) is 0. The molecule has 2 saturated heterocycles. The molecule has 7 nitrogen and oxygen atoms in total. The summed E-state index contributed by atoms with van der Waals surface area (Å²) >= 11 is 0. The second-order valence-electron chi connectivity index (χ2n) is 5.58. The minimum atomic E-state index is -0.568. The van der Waals surface area contributed by atoms with E-state index in [-0.39, 0.29) is 17.7 Å². The van der Waals surface area contributed by atoms with Gasteiger partial charge in [-0.25, -0.2) is 0 Å². The molecule has 7 heteroatoms. The Labute approximate surface area is 128 Å². The van der Waals surface area contributed by atoms with Crippen LogP contribution in [0, 0.1) is 5.92 Å². The van der Waals surface area contributed by atoms with Gasteiger partial charge in [-0.05, 0) is 25.0 Å². The van der Waals surface area contributed by atoms with Crippen molar-refractivity contribution in [1.82, 2.24) is 15.1 Å². The van der Waals surface area contributed by atoms with Gasteiger partial charge in [-0.2, -0.15) is 0 Å². The zero-order chi connectivity index (χ0) is 15.5. The molecule has 2 aliphatic rings. The van der Waals surface area contributed by atoms with Crippen LogP contribution in [-0.2, 0) is 9.59 Å². The van der Waals surface area contributed by atoms with Crippen molar-refractivity contribution >= 4 is 17.7 Å². The number of hydrogen-bond donors (Lipinski definition) is 1. The Balaban J connectivity index is 1.56. The smallest absolute Gasteiger partial charge is 0.289 e. The molecular formula is C15H19N3O4. The van der Waals surface area contributed by atoms with Crippen LogP contribution in [0.5, 0.6) is 0 Å². The number of amides is 3. The number of furan rings is 1. The number of carbonyl (C=O) groups excluding carboxylic acids is 3. The number of hydrogen-bond acceptors (Lipinski definition) is 4. The molecule has 118 valence electrons. The van der Waals surface area contributed by atoms with Gasteiger partial charge < -0.3 is 19.5 Å². The molecule has 0 radical (unpaired) electrons. The highest BCUT2D eigenvalue weighted by atomic mass is 16.3. The lowest BCUT2D eigenvalue weighted by Crippen LogP contribution is -2.54. The van der Waals surface area contributed by atoms with Gasteiger partial charge in [0, 0.05) is 32.7 Å². The quantitative estimate of drug-likeness (QED) is 0.785. The number of nitrogens with zero attached hydrogens (tertiary/aromatic N) is 2. The Bertz CT molecular complexity index is 561. The average Bonchev–Trinajstić information content (AvgIpc) is 3.09. The van der Waals surface area contributed by atoms with E-state index in [1.165, 1.54) is 6.26 Å². The van der Waals surface area contributed by atoms with Gasteiger partial charge in [-0.1, -0.05) is 0 Å². The van der Waals surface area contributed by atoms with E-state index in [1.54, 1.807) is 21.9 Å². The molecule has 3 heterocycles. The van der Waals surface area contributed by atoms with E-state index >= 15 is 0 Å². The second-order valence-corrected chi connectivity index (χ2v) is 5.58. The van der Waals surface area contributed by atoms with Crippen LogP contribution in [0.4, 0.5) is 0 Å². The van der Waals surface area contributed by atoms with Crippen LogP contribution in [-0.4, -0.2) is 60.2 Å². The molecule has 22 heavy (non-hydrogen) atoms. The van der Waals surface area contributed by atoms with Crippen LogP contribution in [0.25, 0.3) is 0 Å². The summed E-state index contributed by atoms with van der Waals surface area (Å²) in [5, 5.41) is 2.73. The van der Waals surface area contributed by atoms with Gasteiger partial charge >= 0.3 is 0 Å². The van der Waals surface area contributed by atoms with Gasteiger partial charge in [-0.15, -0.1) is 0 Å². The van der Waals surface area contributed by atoms with Crippen molar-refractivity contribution in [3.05, 3.63) is 24.2 Å². The van der Waals surface area contributed by atoms with Crippen molar-refractivity contribution in [2.24, 2.45) is 5.92 Å². The van der Waals surface area contributed by atoms with E-state index in [2.05, 4.69) is 5.32 Å². The molecular weight excluding hydrogens is 286 g/mol. The second kappa shape index (κ2) is 6.21. The summed E-state index contributed by atoms with van der Waals surface area (Å²) in [6.07, 6.45) is 2.91. The van der Waals surface area contributed by atoms with Crippen molar-refractivity contribution in [3.8, 4) is 0 Å². The number of carbonyl (C=O) groups is 3. The van der Waals surface area contributed by atoms with Crippen LogP contribution in [0.2, 0.25) is 0 Å². The van der Waals surface area contributed by atoms with E-state index in [9.17, 15) is 14.4 Å². The Morgan fingerprint density at radius 3 is 2.55 bits per heavy atom. The van der Waals surface area contributed by atoms with Crippen molar-refractivity contribution in [2.45, 2.75) is 12.8 Å². The van der Waals surface area contributed by atoms with Crippen LogP contribution in [0.15, 0.2) is 22.8 Å². The van der Waals surface area contributed by atoms with E-state index in [0.29, 0.717) is 44.9 Å². The molecule has 0 aliphatic carbocycles. The maximum Gasteiger partial charge on any atom is 0.289 e. The zero-order valence-corrected chi connectivity index (χ0v) is 12.3. The Hall–Kier alpha value is -2.31. The molecule has 2 fully saturated rings. The first-order valence-corrected chi connectivity index (χ1v) is 7.56. The predicted molar refractivity (Wildman–Crippen MR) is 76.9 cm³/mol. The SMILES string of the molecule is O=C1NCCC[C@@H]1C(=O)N1CCN(C(=O)c2ccco2)CC1. The third-order valence-electron chi connectivity index (χ3n) is 4.19. The fraction of sp³-hybridized carbons (Fsp3) is 0.533. The number of piperidine rings is 1. The van der Waals surface area contributed by atoms with E-state index < -0.39 is 5.92 Å². The first kappa shape index (κ1) is 14.6. The normalized spacial score (nSPS) is 22.4. The molecule has 0 spiro atoms. The van der Waals surface area contributed by atoms with E-state index in [4.69, 9.17) is 4.42 Å². The van der Waals surface area contributed by atoms with Gasteiger partial charge in [0.15, 0.2) is 5.76 Å². The maximum absolute atomic E-state index is 12.4. The summed E-state index contributed by atoms with van der Waals surface area (Å²) in [6, 6.07) is 3.31. The molecule has 3 amide bonds. The molecule has 0 unspecified atom stereocenters. The van der Waals surface area contributed by atoms with Gasteiger partial charge in [0.25, 0.3) is 5.91 Å². The van der Waals surface area contributed by atoms with Crippen LogP contribution < -0.4 is 5.32 Å². The molecule has 3 rings (SSSR count). The highest BCUT2D eigenvalue weighted by Gasteiger charge is 2.34. The number of piperazine rings is 1. The Kier molecular flexibility index (Phi) is 4.13. The highest BCUT2D eigenvalue weighted by Crippen LogP contribution is 2.17. The fourth-order valence-electron chi connectivity index (χ4n) is 2.91. The highest BCUT2D eigenvalue weighted by molar-refractivity contribution is 6.00. The molecule has 1 N–H and O–H groups in total. The van der Waals surface area contributed by atoms with Gasteiger partial charge in [0.1, 0.15) is 5.92 Å². The van der Waals surface area contributed by atoms with E-state index in [0.717, 1.165) is 6.42 Å². The number of rotatable bonds is 2. The maximum atomic E-state index is 12.4. The average molecular weight is 305 g/mol. The predicted octanol–water partition coefficient (Wildman–Crippen LogP) is 0.0902. The first-order valence-electron chi connectivity index (χ1n) is 7.56. The summed E-state index contributed by atoms with van der Waals surface area (Å²) in [5.74, 6) is -0.715. The largest absolute Gasteiger partial charge is 0.459 e. The molecule has 1 aromatic rings. The Morgan fingerprint density at radius 2 is 1.91 bits per heavy atom.